The first kappa shape index (κ1) is 19.2. The molecule has 2 fully saturated rings. The minimum absolute atomic E-state index is 0.0422. The molecule has 0 amide bonds. The number of nitrogens with two attached hydrogens (primary N) is 2. The molecule has 0 spiro atoms. The quantitative estimate of drug-likeness (QED) is 0.521. The maximum absolute atomic E-state index is 5.44. The Bertz CT molecular complexity index is 797. The third kappa shape index (κ3) is 5.04. The number of piperidine rings is 2. The summed E-state index contributed by atoms with van der Waals surface area (Å²) in [4.78, 5) is 22.8. The second-order valence-electron chi connectivity index (χ2n) is 7.56. The molecule has 0 unspecified atom stereocenters. The van der Waals surface area contributed by atoms with Gasteiger partial charge in [-0.1, -0.05) is 0 Å². The normalized spacial score (nSPS) is 17.1. The minimum Gasteiger partial charge on any atom is -0.370 e. The Morgan fingerprint density at radius 3 is 1.76 bits per heavy atom. The highest BCUT2D eigenvalue weighted by atomic mass is 15.4. The van der Waals surface area contributed by atoms with Crippen molar-refractivity contribution in [1.29, 1.82) is 0 Å². The summed E-state index contributed by atoms with van der Waals surface area (Å²) in [6.45, 7) is 3.98. The lowest BCUT2D eigenvalue weighted by molar-refractivity contribution is 0.556. The van der Waals surface area contributed by atoms with E-state index < -0.39 is 0 Å². The Morgan fingerprint density at radius 2 is 1.28 bits per heavy atom. The van der Waals surface area contributed by atoms with Gasteiger partial charge in [-0.15, -0.1) is 0 Å². The summed E-state index contributed by atoms with van der Waals surface area (Å²) in [6.07, 6.45) is 7.26. The number of nitrogens with one attached hydrogen (secondary N) is 1. The van der Waals surface area contributed by atoms with Gasteiger partial charge in [-0.05, 0) is 62.8 Å². The van der Waals surface area contributed by atoms with Crippen molar-refractivity contribution in [3.63, 3.8) is 0 Å². The largest absolute Gasteiger partial charge is 0.370 e. The highest BCUT2D eigenvalue weighted by Gasteiger charge is 2.20. The van der Waals surface area contributed by atoms with Crippen LogP contribution in [0.25, 0.3) is 0 Å². The van der Waals surface area contributed by atoms with Crippen LogP contribution < -0.4 is 26.6 Å². The lowest BCUT2D eigenvalue weighted by Crippen LogP contribution is -2.34. The van der Waals surface area contributed by atoms with Crippen LogP contribution in [0.15, 0.2) is 29.3 Å². The fraction of sp³-hybridized carbons (Fsp3) is 0.500. The molecule has 2 aromatic rings. The first-order valence-electron chi connectivity index (χ1n) is 10.4. The third-order valence-electron chi connectivity index (χ3n) is 5.27. The number of hydrogen-bond acceptors (Lipinski definition) is 7. The molecule has 1 aromatic heterocycles. The SMILES string of the molecule is NC(N)=Nc1ccc(Nc2nc(N3CCCCC3)nc(N3CCCCC3)n2)cc1. The average Bonchev–Trinajstić information content (AvgIpc) is 2.76. The molecule has 2 aliphatic heterocycles. The number of rotatable bonds is 5. The van der Waals surface area contributed by atoms with E-state index in [-0.39, 0.29) is 5.96 Å². The van der Waals surface area contributed by atoms with E-state index >= 15 is 0 Å². The maximum Gasteiger partial charge on any atom is 0.233 e. The zero-order chi connectivity index (χ0) is 20.1. The Morgan fingerprint density at radius 1 is 0.759 bits per heavy atom. The molecule has 9 heteroatoms. The van der Waals surface area contributed by atoms with Crippen LogP contribution in [-0.2, 0) is 0 Å². The molecule has 154 valence electrons. The van der Waals surface area contributed by atoms with Crippen LogP contribution in [0.2, 0.25) is 0 Å². The highest BCUT2D eigenvalue weighted by Crippen LogP contribution is 2.24. The van der Waals surface area contributed by atoms with Crippen molar-refractivity contribution in [1.82, 2.24) is 15.0 Å². The van der Waals surface area contributed by atoms with Crippen molar-refractivity contribution >= 4 is 35.2 Å². The molecule has 1 aromatic carbocycles. The van der Waals surface area contributed by atoms with Crippen LogP contribution in [0, 0.1) is 0 Å². The van der Waals surface area contributed by atoms with E-state index in [4.69, 9.17) is 26.4 Å². The molecule has 9 nitrogen and oxygen atoms in total. The standard InChI is InChI=1S/C20H29N9/c21-17(22)23-15-7-9-16(10-8-15)24-18-25-19(28-11-3-1-4-12-28)27-20(26-18)29-13-5-2-6-14-29/h7-10H,1-6,11-14H2,(H4,21,22,23)(H,24,25,26,27). The molecular weight excluding hydrogens is 366 g/mol. The molecule has 0 aliphatic carbocycles. The van der Waals surface area contributed by atoms with E-state index in [0.717, 1.165) is 43.8 Å². The Hall–Kier alpha value is -3.10. The molecule has 2 saturated heterocycles. The van der Waals surface area contributed by atoms with Gasteiger partial charge in [-0.2, -0.15) is 15.0 Å². The number of guanidine groups is 1. The molecule has 0 radical (unpaired) electrons. The third-order valence-corrected chi connectivity index (χ3v) is 5.27. The van der Waals surface area contributed by atoms with Crippen molar-refractivity contribution in [2.75, 3.05) is 41.3 Å². The van der Waals surface area contributed by atoms with Gasteiger partial charge in [0.15, 0.2) is 5.96 Å². The van der Waals surface area contributed by atoms with Gasteiger partial charge in [-0.3, -0.25) is 0 Å². The zero-order valence-electron chi connectivity index (χ0n) is 16.7. The number of aliphatic imine (C=N–C) groups is 1. The van der Waals surface area contributed by atoms with Gasteiger partial charge in [0.05, 0.1) is 5.69 Å². The summed E-state index contributed by atoms with van der Waals surface area (Å²) in [6, 6.07) is 7.51. The first-order chi connectivity index (χ1) is 14.2. The number of nitrogens with zero attached hydrogens (tertiary/aromatic N) is 6. The van der Waals surface area contributed by atoms with E-state index in [9.17, 15) is 0 Å². The van der Waals surface area contributed by atoms with Crippen molar-refractivity contribution in [2.24, 2.45) is 16.5 Å². The number of hydrogen-bond donors (Lipinski definition) is 3. The van der Waals surface area contributed by atoms with E-state index in [0.29, 0.717) is 11.6 Å². The van der Waals surface area contributed by atoms with Gasteiger partial charge in [0.25, 0.3) is 0 Å². The van der Waals surface area contributed by atoms with E-state index in [1.807, 2.05) is 24.3 Å². The number of aromatic nitrogens is 3. The topological polar surface area (TPSA) is 122 Å². The summed E-state index contributed by atoms with van der Waals surface area (Å²) in [7, 11) is 0. The fourth-order valence-corrected chi connectivity index (χ4v) is 3.78. The van der Waals surface area contributed by atoms with Crippen molar-refractivity contribution in [3.05, 3.63) is 24.3 Å². The fourth-order valence-electron chi connectivity index (χ4n) is 3.78. The van der Waals surface area contributed by atoms with Crippen LogP contribution in [0.1, 0.15) is 38.5 Å². The molecule has 0 atom stereocenters. The summed E-state index contributed by atoms with van der Waals surface area (Å²) in [5, 5.41) is 3.32. The van der Waals surface area contributed by atoms with E-state index in [1.54, 1.807) is 0 Å². The highest BCUT2D eigenvalue weighted by molar-refractivity contribution is 5.79. The molecule has 4 rings (SSSR count). The molecule has 29 heavy (non-hydrogen) atoms. The lowest BCUT2D eigenvalue weighted by atomic mass is 10.1. The van der Waals surface area contributed by atoms with Crippen molar-refractivity contribution in [2.45, 2.75) is 38.5 Å². The Balaban J connectivity index is 1.59. The van der Waals surface area contributed by atoms with Crippen LogP contribution in [0.4, 0.5) is 29.2 Å². The van der Waals surface area contributed by atoms with Crippen LogP contribution in [0.5, 0.6) is 0 Å². The van der Waals surface area contributed by atoms with Crippen LogP contribution in [0.3, 0.4) is 0 Å². The Kier molecular flexibility index (Phi) is 5.92. The van der Waals surface area contributed by atoms with Gasteiger partial charge in [0.1, 0.15) is 0 Å². The van der Waals surface area contributed by atoms with Gasteiger partial charge < -0.3 is 26.6 Å². The predicted octanol–water partition coefficient (Wildman–Crippen LogP) is 2.50. The smallest absolute Gasteiger partial charge is 0.233 e. The maximum atomic E-state index is 5.44. The molecule has 5 N–H and O–H groups in total. The van der Waals surface area contributed by atoms with Crippen molar-refractivity contribution in [3.8, 4) is 0 Å². The molecule has 0 saturated carbocycles. The summed E-state index contributed by atoms with van der Waals surface area (Å²) in [5.41, 5.74) is 12.5. The van der Waals surface area contributed by atoms with Gasteiger partial charge in [0.2, 0.25) is 17.8 Å². The second-order valence-corrected chi connectivity index (χ2v) is 7.56. The first-order valence-corrected chi connectivity index (χ1v) is 10.4. The lowest BCUT2D eigenvalue weighted by Gasteiger charge is -2.30. The Labute approximate surface area is 171 Å². The monoisotopic (exact) mass is 395 g/mol. The zero-order valence-corrected chi connectivity index (χ0v) is 16.7. The van der Waals surface area contributed by atoms with E-state index in [1.165, 1.54) is 38.5 Å². The predicted molar refractivity (Wildman–Crippen MR) is 117 cm³/mol. The number of anilines is 4. The van der Waals surface area contributed by atoms with Gasteiger partial charge in [0, 0.05) is 31.9 Å². The van der Waals surface area contributed by atoms with Crippen molar-refractivity contribution < 1.29 is 0 Å². The van der Waals surface area contributed by atoms with Crippen LogP contribution in [-0.4, -0.2) is 47.1 Å². The van der Waals surface area contributed by atoms with Crippen LogP contribution >= 0.6 is 0 Å². The molecular formula is C20H29N9. The summed E-state index contributed by atoms with van der Waals surface area (Å²) >= 11 is 0. The summed E-state index contributed by atoms with van der Waals surface area (Å²) < 4.78 is 0. The molecule has 0 bridgehead atoms. The molecule has 2 aliphatic rings. The minimum atomic E-state index is 0.0422. The van der Waals surface area contributed by atoms with E-state index in [2.05, 4.69) is 20.1 Å². The van der Waals surface area contributed by atoms with Gasteiger partial charge >= 0.3 is 0 Å². The average molecular weight is 396 g/mol. The second kappa shape index (κ2) is 8.93. The number of benzene rings is 1. The summed E-state index contributed by atoms with van der Waals surface area (Å²) in [5.74, 6) is 2.14. The van der Waals surface area contributed by atoms with Gasteiger partial charge in [-0.25, -0.2) is 4.99 Å². The molecule has 3 heterocycles.